The molecule has 2 fully saturated rings. The zero-order chi connectivity index (χ0) is 14.3. The Morgan fingerprint density at radius 3 is 1.89 bits per heavy atom. The van der Waals surface area contributed by atoms with E-state index < -0.39 is 0 Å². The summed E-state index contributed by atoms with van der Waals surface area (Å²) < 4.78 is 0. The van der Waals surface area contributed by atoms with Gasteiger partial charge in [-0.1, -0.05) is 20.3 Å². The molecule has 112 valence electrons. The van der Waals surface area contributed by atoms with Crippen molar-refractivity contribution in [3.63, 3.8) is 0 Å². The van der Waals surface area contributed by atoms with Gasteiger partial charge in [0.1, 0.15) is 5.78 Å². The summed E-state index contributed by atoms with van der Waals surface area (Å²) in [6, 6.07) is 0.782. The predicted molar refractivity (Wildman–Crippen MR) is 81.5 cm³/mol. The number of hydrogen-bond acceptors (Lipinski definition) is 3. The highest BCUT2D eigenvalue weighted by atomic mass is 16.1. The molecule has 0 amide bonds. The van der Waals surface area contributed by atoms with E-state index in [2.05, 4.69) is 30.7 Å². The summed E-state index contributed by atoms with van der Waals surface area (Å²) in [7, 11) is 2.21. The highest BCUT2D eigenvalue weighted by molar-refractivity contribution is 5.78. The smallest absolute Gasteiger partial charge is 0.133 e. The van der Waals surface area contributed by atoms with Crippen molar-refractivity contribution >= 4 is 5.78 Å². The van der Waals surface area contributed by atoms with Crippen LogP contribution in [0, 0.1) is 5.92 Å². The largest absolute Gasteiger partial charge is 0.306 e. The molecule has 2 heterocycles. The third-order valence-corrected chi connectivity index (χ3v) is 4.31. The number of Topliss-reactive ketones (excluding diaryl/α,β-unsaturated/α-hetero) is 1. The van der Waals surface area contributed by atoms with Gasteiger partial charge in [0.15, 0.2) is 0 Å². The Hall–Kier alpha value is -0.410. The second kappa shape index (κ2) is 8.70. The van der Waals surface area contributed by atoms with Crippen molar-refractivity contribution in [1.82, 2.24) is 9.80 Å². The molecule has 0 radical (unpaired) electrons. The van der Waals surface area contributed by atoms with Crippen LogP contribution < -0.4 is 0 Å². The molecular formula is C16H32N2O. The molecule has 0 spiro atoms. The van der Waals surface area contributed by atoms with E-state index in [1.165, 1.54) is 32.4 Å². The van der Waals surface area contributed by atoms with E-state index in [0.717, 1.165) is 32.0 Å². The number of rotatable bonds is 2. The second-order valence-electron chi connectivity index (χ2n) is 6.16. The average molecular weight is 268 g/mol. The van der Waals surface area contributed by atoms with Crippen LogP contribution in [0.15, 0.2) is 0 Å². The lowest BCUT2D eigenvalue weighted by molar-refractivity contribution is -0.122. The van der Waals surface area contributed by atoms with Crippen LogP contribution in [0.4, 0.5) is 0 Å². The Morgan fingerprint density at radius 2 is 1.47 bits per heavy atom. The van der Waals surface area contributed by atoms with E-state index >= 15 is 0 Å². The summed E-state index contributed by atoms with van der Waals surface area (Å²) in [5.41, 5.74) is 0. The predicted octanol–water partition coefficient (Wildman–Crippen LogP) is 2.80. The van der Waals surface area contributed by atoms with E-state index in [1.807, 2.05) is 0 Å². The van der Waals surface area contributed by atoms with E-state index in [-0.39, 0.29) is 0 Å². The van der Waals surface area contributed by atoms with Gasteiger partial charge in [-0.05, 0) is 65.8 Å². The lowest BCUT2D eigenvalue weighted by Gasteiger charge is -2.40. The highest BCUT2D eigenvalue weighted by Crippen LogP contribution is 2.23. The van der Waals surface area contributed by atoms with Crippen molar-refractivity contribution in [1.29, 1.82) is 0 Å². The molecule has 0 aromatic heterocycles. The molecule has 0 bridgehead atoms. The summed E-state index contributed by atoms with van der Waals surface area (Å²) >= 11 is 0. The zero-order valence-corrected chi connectivity index (χ0v) is 13.3. The Balaban J connectivity index is 0.000000550. The summed E-state index contributed by atoms with van der Waals surface area (Å²) in [5.74, 6) is 0.741. The van der Waals surface area contributed by atoms with E-state index in [9.17, 15) is 4.79 Å². The normalized spacial score (nSPS) is 23.8. The van der Waals surface area contributed by atoms with E-state index in [0.29, 0.717) is 11.7 Å². The number of piperidine rings is 2. The molecule has 0 aromatic rings. The fraction of sp³-hybridized carbons (Fsp3) is 0.938. The quantitative estimate of drug-likeness (QED) is 0.769. The van der Waals surface area contributed by atoms with Crippen molar-refractivity contribution in [2.45, 2.75) is 58.9 Å². The molecule has 0 unspecified atom stereocenters. The molecule has 2 saturated heterocycles. The highest BCUT2D eigenvalue weighted by Gasteiger charge is 2.28. The Kier molecular flexibility index (Phi) is 7.62. The lowest BCUT2D eigenvalue weighted by Crippen LogP contribution is -2.47. The molecule has 3 heteroatoms. The molecule has 19 heavy (non-hydrogen) atoms. The first-order chi connectivity index (χ1) is 9.08. The Labute approximate surface area is 119 Å². The van der Waals surface area contributed by atoms with Gasteiger partial charge in [0.05, 0.1) is 0 Å². The van der Waals surface area contributed by atoms with Crippen LogP contribution in [0.3, 0.4) is 0 Å². The van der Waals surface area contributed by atoms with Crippen molar-refractivity contribution in [2.75, 3.05) is 33.2 Å². The van der Waals surface area contributed by atoms with E-state index in [4.69, 9.17) is 0 Å². The first kappa shape index (κ1) is 16.6. The third kappa shape index (κ3) is 5.62. The standard InChI is InChI=1S/C13H24N2O.C3H8/c1-11(16)12-3-9-15(10-4-12)13-5-7-14(2)8-6-13;1-3-2/h12-13H,3-10H2,1-2H3;3H2,1-2H3. The Bertz CT molecular complexity index is 251. The van der Waals surface area contributed by atoms with E-state index in [1.54, 1.807) is 6.92 Å². The van der Waals surface area contributed by atoms with Gasteiger partial charge in [-0.2, -0.15) is 0 Å². The van der Waals surface area contributed by atoms with Crippen LogP contribution in [0.1, 0.15) is 52.9 Å². The molecule has 0 aromatic carbocycles. The van der Waals surface area contributed by atoms with Crippen LogP contribution in [-0.4, -0.2) is 54.9 Å². The molecule has 0 aliphatic carbocycles. The van der Waals surface area contributed by atoms with Crippen LogP contribution in [0.25, 0.3) is 0 Å². The molecule has 0 atom stereocenters. The van der Waals surface area contributed by atoms with Crippen molar-refractivity contribution in [3.05, 3.63) is 0 Å². The molecule has 2 aliphatic heterocycles. The topological polar surface area (TPSA) is 23.6 Å². The first-order valence-corrected chi connectivity index (χ1v) is 8.01. The molecule has 0 N–H and O–H groups in total. The van der Waals surface area contributed by atoms with Crippen LogP contribution in [-0.2, 0) is 4.79 Å². The van der Waals surface area contributed by atoms with Gasteiger partial charge in [0.2, 0.25) is 0 Å². The minimum atomic E-state index is 0.350. The first-order valence-electron chi connectivity index (χ1n) is 8.01. The number of hydrogen-bond donors (Lipinski definition) is 0. The van der Waals surface area contributed by atoms with Gasteiger partial charge in [-0.15, -0.1) is 0 Å². The SMILES string of the molecule is CC(=O)C1CCN(C2CCN(C)CC2)CC1.CCC. The summed E-state index contributed by atoms with van der Waals surface area (Å²) in [5, 5.41) is 0. The minimum absolute atomic E-state index is 0.350. The van der Waals surface area contributed by atoms with Gasteiger partial charge in [-0.25, -0.2) is 0 Å². The fourth-order valence-electron chi connectivity index (χ4n) is 3.03. The maximum Gasteiger partial charge on any atom is 0.133 e. The molecule has 2 aliphatic rings. The summed E-state index contributed by atoms with van der Waals surface area (Å²) in [6.45, 7) is 10.7. The maximum absolute atomic E-state index is 11.3. The third-order valence-electron chi connectivity index (χ3n) is 4.31. The van der Waals surface area contributed by atoms with Crippen molar-refractivity contribution in [3.8, 4) is 0 Å². The number of carbonyl (C=O) groups excluding carboxylic acids is 1. The van der Waals surface area contributed by atoms with Crippen LogP contribution in [0.2, 0.25) is 0 Å². The number of likely N-dealkylation sites (tertiary alicyclic amines) is 2. The minimum Gasteiger partial charge on any atom is -0.306 e. The number of carbonyl (C=O) groups is 1. The fourth-order valence-corrected chi connectivity index (χ4v) is 3.03. The van der Waals surface area contributed by atoms with Crippen LogP contribution >= 0.6 is 0 Å². The molecule has 2 rings (SSSR count). The van der Waals surface area contributed by atoms with Crippen molar-refractivity contribution < 1.29 is 4.79 Å². The molecule has 3 nitrogen and oxygen atoms in total. The number of nitrogens with zero attached hydrogens (tertiary/aromatic N) is 2. The molecule has 0 saturated carbocycles. The van der Waals surface area contributed by atoms with Crippen molar-refractivity contribution in [2.24, 2.45) is 5.92 Å². The maximum atomic E-state index is 11.3. The Morgan fingerprint density at radius 1 is 1.00 bits per heavy atom. The van der Waals surface area contributed by atoms with Crippen LogP contribution in [0.5, 0.6) is 0 Å². The molecular weight excluding hydrogens is 236 g/mol. The second-order valence-corrected chi connectivity index (χ2v) is 6.16. The zero-order valence-electron chi connectivity index (χ0n) is 13.3. The van der Waals surface area contributed by atoms with Gasteiger partial charge < -0.3 is 9.80 Å². The average Bonchev–Trinajstić information content (AvgIpc) is 2.41. The lowest BCUT2D eigenvalue weighted by atomic mass is 9.91. The van der Waals surface area contributed by atoms with Gasteiger partial charge in [0.25, 0.3) is 0 Å². The van der Waals surface area contributed by atoms with Gasteiger partial charge in [0, 0.05) is 12.0 Å². The van der Waals surface area contributed by atoms with Gasteiger partial charge in [-0.3, -0.25) is 4.79 Å². The van der Waals surface area contributed by atoms with Gasteiger partial charge >= 0.3 is 0 Å². The number of ketones is 1. The summed E-state index contributed by atoms with van der Waals surface area (Å²) in [4.78, 5) is 16.3. The monoisotopic (exact) mass is 268 g/mol. The summed E-state index contributed by atoms with van der Waals surface area (Å²) in [6.07, 6.45) is 6.03.